The summed E-state index contributed by atoms with van der Waals surface area (Å²) in [5, 5.41) is 10.4. The molecule has 126 valence electrons. The van der Waals surface area contributed by atoms with Crippen molar-refractivity contribution >= 4 is 17.4 Å². The van der Waals surface area contributed by atoms with Crippen LogP contribution < -0.4 is 11.1 Å². The molecule has 0 aliphatic carbocycles. The van der Waals surface area contributed by atoms with Gasteiger partial charge in [-0.3, -0.25) is 9.78 Å². The van der Waals surface area contributed by atoms with Crippen molar-refractivity contribution in [2.45, 2.75) is 26.1 Å². The number of aromatic nitrogens is 1. The third-order valence-electron chi connectivity index (χ3n) is 3.07. The molecule has 0 saturated carbocycles. The van der Waals surface area contributed by atoms with Gasteiger partial charge in [-0.25, -0.2) is 4.79 Å². The van der Waals surface area contributed by atoms with E-state index in [0.717, 1.165) is 30.8 Å². The molecule has 0 radical (unpaired) electrons. The number of carbonyl (C=O) groups is 2. The number of hydrogen-bond donors (Lipinski definition) is 3. The first-order valence-electron chi connectivity index (χ1n) is 6.53. The Morgan fingerprint density at radius 3 is 2.48 bits per heavy atom. The Hall–Kier alpha value is -2.42. The number of fused-ring (bicyclic) bond motifs is 1. The number of halogens is 3. The first kappa shape index (κ1) is 18.6. The number of alkyl halides is 3. The lowest BCUT2D eigenvalue weighted by molar-refractivity contribution is -0.192. The van der Waals surface area contributed by atoms with E-state index >= 15 is 0 Å². The molecule has 0 unspecified atom stereocenters. The molecule has 9 heteroatoms. The topological polar surface area (TPSA) is 105 Å². The number of nitrogens with zero attached hydrogens (tertiary/aromatic N) is 1. The van der Waals surface area contributed by atoms with Gasteiger partial charge in [-0.05, 0) is 31.0 Å². The molecule has 1 aromatic heterocycles. The zero-order valence-electron chi connectivity index (χ0n) is 12.3. The summed E-state index contributed by atoms with van der Waals surface area (Å²) in [6.07, 6.45) is -4.10. The van der Waals surface area contributed by atoms with Crippen LogP contribution in [0.5, 0.6) is 0 Å². The van der Waals surface area contributed by atoms with Crippen LogP contribution in [0.4, 0.5) is 13.2 Å². The van der Waals surface area contributed by atoms with Gasteiger partial charge in [0.2, 0.25) is 5.91 Å². The average molecular weight is 331 g/mol. The van der Waals surface area contributed by atoms with E-state index < -0.39 is 18.1 Å². The maximum atomic E-state index is 11.1. The molecule has 0 bridgehead atoms. The van der Waals surface area contributed by atoms with Crippen molar-refractivity contribution in [3.05, 3.63) is 35.2 Å². The van der Waals surface area contributed by atoms with Gasteiger partial charge in [0.05, 0.1) is 17.0 Å². The lowest BCUT2D eigenvalue weighted by atomic mass is 10.00. The molecule has 6 nitrogen and oxygen atoms in total. The van der Waals surface area contributed by atoms with Gasteiger partial charge in [0.25, 0.3) is 0 Å². The second-order valence-corrected chi connectivity index (χ2v) is 4.83. The summed E-state index contributed by atoms with van der Waals surface area (Å²) < 4.78 is 31.7. The molecule has 1 aliphatic heterocycles. The van der Waals surface area contributed by atoms with Gasteiger partial charge in [0.1, 0.15) is 0 Å². The van der Waals surface area contributed by atoms with E-state index in [9.17, 15) is 18.0 Å². The maximum absolute atomic E-state index is 11.1. The summed E-state index contributed by atoms with van der Waals surface area (Å²) in [6, 6.07) is 2.08. The lowest BCUT2D eigenvalue weighted by Gasteiger charge is -2.18. The van der Waals surface area contributed by atoms with Crippen LogP contribution in [-0.4, -0.2) is 34.7 Å². The van der Waals surface area contributed by atoms with Gasteiger partial charge in [-0.2, -0.15) is 13.2 Å². The highest BCUT2D eigenvalue weighted by Crippen LogP contribution is 2.20. The Morgan fingerprint density at radius 2 is 2.00 bits per heavy atom. The van der Waals surface area contributed by atoms with E-state index in [4.69, 9.17) is 15.6 Å². The van der Waals surface area contributed by atoms with E-state index in [0.29, 0.717) is 5.69 Å². The lowest BCUT2D eigenvalue weighted by Crippen LogP contribution is -2.26. The highest BCUT2D eigenvalue weighted by molar-refractivity contribution is 6.17. The monoisotopic (exact) mass is 331 g/mol. The Kier molecular flexibility index (Phi) is 5.85. The van der Waals surface area contributed by atoms with E-state index in [-0.39, 0.29) is 5.57 Å². The van der Waals surface area contributed by atoms with Gasteiger partial charge < -0.3 is 16.2 Å². The summed E-state index contributed by atoms with van der Waals surface area (Å²) in [7, 11) is 0. The van der Waals surface area contributed by atoms with Crippen LogP contribution in [-0.2, 0) is 22.6 Å². The minimum atomic E-state index is -5.08. The van der Waals surface area contributed by atoms with Crippen molar-refractivity contribution in [3.8, 4) is 0 Å². The van der Waals surface area contributed by atoms with Gasteiger partial charge in [-0.1, -0.05) is 12.6 Å². The van der Waals surface area contributed by atoms with Crippen LogP contribution in [0.1, 0.15) is 22.5 Å². The second-order valence-electron chi connectivity index (χ2n) is 4.83. The van der Waals surface area contributed by atoms with Crippen molar-refractivity contribution < 1.29 is 27.9 Å². The standard InChI is InChI=1S/C12H15N3O.C2HF3O2/c1-7-5-9-3-4-14-6-10(9)15-11(7)8(2)12(13)16;3-2(4,5)1(6)7/h5,14H,2-4,6H2,1H3,(H2,13,16);(H,6,7). The number of amides is 1. The third-order valence-corrected chi connectivity index (χ3v) is 3.07. The molecular weight excluding hydrogens is 315 g/mol. The Morgan fingerprint density at radius 1 is 1.43 bits per heavy atom. The number of pyridine rings is 1. The van der Waals surface area contributed by atoms with Gasteiger partial charge in [0, 0.05) is 6.54 Å². The van der Waals surface area contributed by atoms with Crippen LogP contribution in [0, 0.1) is 6.92 Å². The predicted octanol–water partition coefficient (Wildman–Crippen LogP) is 1.17. The van der Waals surface area contributed by atoms with Gasteiger partial charge >= 0.3 is 12.1 Å². The average Bonchev–Trinajstić information content (AvgIpc) is 2.45. The molecule has 0 atom stereocenters. The summed E-state index contributed by atoms with van der Waals surface area (Å²) in [6.45, 7) is 7.33. The summed E-state index contributed by atoms with van der Waals surface area (Å²) >= 11 is 0. The second kappa shape index (κ2) is 7.23. The summed E-state index contributed by atoms with van der Waals surface area (Å²) in [5.74, 6) is -3.27. The molecule has 0 spiro atoms. The van der Waals surface area contributed by atoms with Crippen molar-refractivity contribution in [2.24, 2.45) is 5.73 Å². The molecule has 0 saturated heterocycles. The molecule has 1 aliphatic rings. The van der Waals surface area contributed by atoms with Crippen LogP contribution >= 0.6 is 0 Å². The smallest absolute Gasteiger partial charge is 0.475 e. The molecule has 2 rings (SSSR count). The highest BCUT2D eigenvalue weighted by Gasteiger charge is 2.38. The molecule has 0 aromatic carbocycles. The van der Waals surface area contributed by atoms with Gasteiger partial charge in [-0.15, -0.1) is 0 Å². The number of nitrogens with two attached hydrogens (primary N) is 1. The molecule has 1 aromatic rings. The Balaban J connectivity index is 0.000000322. The Labute approximate surface area is 130 Å². The van der Waals surface area contributed by atoms with E-state index in [1.54, 1.807) is 0 Å². The van der Waals surface area contributed by atoms with E-state index in [2.05, 4.69) is 22.9 Å². The van der Waals surface area contributed by atoms with Gasteiger partial charge in [0.15, 0.2) is 0 Å². The fourth-order valence-corrected chi connectivity index (χ4v) is 1.93. The third kappa shape index (κ3) is 5.06. The minimum absolute atomic E-state index is 0.283. The van der Waals surface area contributed by atoms with Crippen molar-refractivity contribution in [3.63, 3.8) is 0 Å². The number of rotatable bonds is 2. The zero-order valence-corrected chi connectivity index (χ0v) is 12.3. The fraction of sp³-hybridized carbons (Fsp3) is 0.357. The van der Waals surface area contributed by atoms with Crippen molar-refractivity contribution in [1.29, 1.82) is 0 Å². The van der Waals surface area contributed by atoms with Crippen LogP contribution in [0.25, 0.3) is 5.57 Å². The molecular formula is C14H16F3N3O3. The molecule has 0 fully saturated rings. The maximum Gasteiger partial charge on any atom is 0.490 e. The number of carboxylic acid groups (broad SMARTS) is 1. The zero-order chi connectivity index (χ0) is 17.8. The Bertz CT molecular complexity index is 642. The highest BCUT2D eigenvalue weighted by atomic mass is 19.4. The fourth-order valence-electron chi connectivity index (χ4n) is 1.93. The number of hydrogen-bond acceptors (Lipinski definition) is 4. The number of nitrogens with one attached hydrogen (secondary N) is 1. The van der Waals surface area contributed by atoms with Crippen LogP contribution in [0.15, 0.2) is 12.6 Å². The number of carbonyl (C=O) groups excluding carboxylic acids is 1. The molecule has 2 heterocycles. The molecule has 1 amide bonds. The predicted molar refractivity (Wildman–Crippen MR) is 76.3 cm³/mol. The first-order chi connectivity index (χ1) is 10.5. The SMILES string of the molecule is C=C(C(N)=O)c1nc2c(cc1C)CCNC2.O=C(O)C(F)(F)F. The quantitative estimate of drug-likeness (QED) is 0.706. The number of aliphatic carboxylic acids is 1. The van der Waals surface area contributed by atoms with E-state index in [1.807, 2.05) is 6.92 Å². The van der Waals surface area contributed by atoms with Crippen LogP contribution in [0.3, 0.4) is 0 Å². The number of aryl methyl sites for hydroxylation is 1. The number of carboxylic acids is 1. The van der Waals surface area contributed by atoms with Crippen molar-refractivity contribution in [2.75, 3.05) is 6.54 Å². The van der Waals surface area contributed by atoms with E-state index in [1.165, 1.54) is 5.56 Å². The minimum Gasteiger partial charge on any atom is -0.475 e. The first-order valence-corrected chi connectivity index (χ1v) is 6.53. The molecule has 4 N–H and O–H groups in total. The summed E-state index contributed by atoms with van der Waals surface area (Å²) in [5.41, 5.74) is 9.33. The normalized spacial score (nSPS) is 13.4. The number of primary amides is 1. The van der Waals surface area contributed by atoms with Crippen LogP contribution in [0.2, 0.25) is 0 Å². The molecule has 23 heavy (non-hydrogen) atoms. The van der Waals surface area contributed by atoms with Crippen molar-refractivity contribution in [1.82, 2.24) is 10.3 Å². The largest absolute Gasteiger partial charge is 0.490 e. The summed E-state index contributed by atoms with van der Waals surface area (Å²) in [4.78, 5) is 24.5.